The van der Waals surface area contributed by atoms with Crippen LogP contribution in [0.25, 0.3) is 10.2 Å². The third-order valence-electron chi connectivity index (χ3n) is 4.11. The average molecular weight is 302 g/mol. The summed E-state index contributed by atoms with van der Waals surface area (Å²) >= 11 is 1.64. The van der Waals surface area contributed by atoms with Crippen molar-refractivity contribution in [2.75, 3.05) is 23.3 Å². The van der Waals surface area contributed by atoms with Crippen molar-refractivity contribution in [1.29, 1.82) is 0 Å². The molecule has 1 amide bonds. The SMILES string of the molecule is O=C(Nc1nccc2nc(N3CCCCC3)sc12)C1CC1. The van der Waals surface area contributed by atoms with Gasteiger partial charge in [0.2, 0.25) is 5.91 Å². The summed E-state index contributed by atoms with van der Waals surface area (Å²) in [6.45, 7) is 2.16. The maximum atomic E-state index is 11.9. The minimum atomic E-state index is 0.0999. The third-order valence-corrected chi connectivity index (χ3v) is 5.25. The highest BCUT2D eigenvalue weighted by Gasteiger charge is 2.30. The van der Waals surface area contributed by atoms with Crippen LogP contribution in [0.1, 0.15) is 32.1 Å². The van der Waals surface area contributed by atoms with Crippen molar-refractivity contribution in [3.63, 3.8) is 0 Å². The molecule has 5 nitrogen and oxygen atoms in total. The molecular weight excluding hydrogens is 284 g/mol. The zero-order valence-corrected chi connectivity index (χ0v) is 12.7. The van der Waals surface area contributed by atoms with Crippen molar-refractivity contribution >= 4 is 38.4 Å². The van der Waals surface area contributed by atoms with Gasteiger partial charge < -0.3 is 10.2 Å². The van der Waals surface area contributed by atoms with E-state index in [9.17, 15) is 4.79 Å². The van der Waals surface area contributed by atoms with Gasteiger partial charge in [-0.15, -0.1) is 0 Å². The van der Waals surface area contributed by atoms with Gasteiger partial charge in [0, 0.05) is 25.2 Å². The van der Waals surface area contributed by atoms with E-state index < -0.39 is 0 Å². The quantitative estimate of drug-likeness (QED) is 0.947. The Balaban J connectivity index is 1.64. The number of nitrogens with zero attached hydrogens (tertiary/aromatic N) is 3. The highest BCUT2D eigenvalue weighted by molar-refractivity contribution is 7.22. The Hall–Kier alpha value is -1.69. The van der Waals surface area contributed by atoms with Gasteiger partial charge in [-0.3, -0.25) is 4.79 Å². The molecule has 6 heteroatoms. The minimum absolute atomic E-state index is 0.0999. The number of hydrogen-bond acceptors (Lipinski definition) is 5. The van der Waals surface area contributed by atoms with Crippen LogP contribution in [0, 0.1) is 5.92 Å². The number of amides is 1. The van der Waals surface area contributed by atoms with E-state index in [1.165, 1.54) is 19.3 Å². The summed E-state index contributed by atoms with van der Waals surface area (Å²) in [7, 11) is 0. The number of rotatable bonds is 3. The van der Waals surface area contributed by atoms with Crippen LogP contribution in [0.2, 0.25) is 0 Å². The molecule has 0 atom stereocenters. The zero-order valence-electron chi connectivity index (χ0n) is 11.8. The number of carbonyl (C=O) groups is 1. The third kappa shape index (κ3) is 2.60. The Labute approximate surface area is 127 Å². The number of hydrogen-bond donors (Lipinski definition) is 1. The largest absolute Gasteiger partial charge is 0.348 e. The minimum Gasteiger partial charge on any atom is -0.348 e. The number of carbonyl (C=O) groups excluding carboxylic acids is 1. The van der Waals surface area contributed by atoms with Crippen LogP contribution >= 0.6 is 11.3 Å². The predicted octanol–water partition coefficient (Wildman–Crippen LogP) is 3.03. The van der Waals surface area contributed by atoms with Crippen molar-refractivity contribution in [2.24, 2.45) is 5.92 Å². The first-order valence-electron chi connectivity index (χ1n) is 7.62. The monoisotopic (exact) mass is 302 g/mol. The zero-order chi connectivity index (χ0) is 14.2. The first-order valence-corrected chi connectivity index (χ1v) is 8.44. The molecule has 110 valence electrons. The van der Waals surface area contributed by atoms with Gasteiger partial charge >= 0.3 is 0 Å². The van der Waals surface area contributed by atoms with Gasteiger partial charge in [-0.05, 0) is 38.2 Å². The number of pyridine rings is 1. The molecule has 0 bridgehead atoms. The predicted molar refractivity (Wildman–Crippen MR) is 84.8 cm³/mol. The molecular formula is C15H18N4OS. The molecule has 3 heterocycles. The Morgan fingerprint density at radius 1 is 1.29 bits per heavy atom. The maximum absolute atomic E-state index is 11.9. The summed E-state index contributed by atoms with van der Waals surface area (Å²) in [6.07, 6.45) is 7.52. The lowest BCUT2D eigenvalue weighted by molar-refractivity contribution is -0.117. The summed E-state index contributed by atoms with van der Waals surface area (Å²) in [5.41, 5.74) is 0.932. The number of aromatic nitrogens is 2. The van der Waals surface area contributed by atoms with E-state index in [2.05, 4.69) is 15.2 Å². The lowest BCUT2D eigenvalue weighted by Gasteiger charge is -2.25. The molecule has 1 saturated carbocycles. The van der Waals surface area contributed by atoms with Crippen molar-refractivity contribution in [3.8, 4) is 0 Å². The van der Waals surface area contributed by atoms with Crippen LogP contribution in [-0.2, 0) is 4.79 Å². The lowest BCUT2D eigenvalue weighted by Crippen LogP contribution is -2.29. The molecule has 2 aliphatic rings. The number of piperidine rings is 1. The lowest BCUT2D eigenvalue weighted by atomic mass is 10.1. The fourth-order valence-corrected chi connectivity index (χ4v) is 3.77. The summed E-state index contributed by atoms with van der Waals surface area (Å²) in [6, 6.07) is 1.92. The smallest absolute Gasteiger partial charge is 0.228 e. The summed E-state index contributed by atoms with van der Waals surface area (Å²) < 4.78 is 0.993. The van der Waals surface area contributed by atoms with Gasteiger partial charge in [0.1, 0.15) is 0 Å². The first-order chi connectivity index (χ1) is 10.3. The van der Waals surface area contributed by atoms with E-state index in [1.54, 1.807) is 17.5 Å². The normalized spacial score (nSPS) is 19.0. The van der Waals surface area contributed by atoms with Crippen molar-refractivity contribution in [2.45, 2.75) is 32.1 Å². The Bertz CT molecular complexity index is 673. The van der Waals surface area contributed by atoms with E-state index in [0.717, 1.165) is 41.3 Å². The second-order valence-corrected chi connectivity index (χ2v) is 6.79. The average Bonchev–Trinajstić information content (AvgIpc) is 3.27. The van der Waals surface area contributed by atoms with E-state index in [1.807, 2.05) is 6.07 Å². The first kappa shape index (κ1) is 13.0. The molecule has 0 radical (unpaired) electrons. The van der Waals surface area contributed by atoms with Crippen LogP contribution in [0.4, 0.5) is 10.9 Å². The molecule has 0 spiro atoms. The molecule has 0 unspecified atom stereocenters. The number of nitrogens with one attached hydrogen (secondary N) is 1. The van der Waals surface area contributed by atoms with Crippen LogP contribution in [0.3, 0.4) is 0 Å². The van der Waals surface area contributed by atoms with E-state index >= 15 is 0 Å². The molecule has 1 N–H and O–H groups in total. The molecule has 0 aromatic carbocycles. The topological polar surface area (TPSA) is 58.1 Å². The van der Waals surface area contributed by atoms with Gasteiger partial charge in [-0.1, -0.05) is 11.3 Å². The molecule has 4 rings (SSSR count). The summed E-state index contributed by atoms with van der Waals surface area (Å²) in [5.74, 6) is 0.963. The van der Waals surface area contributed by atoms with Crippen LogP contribution in [0.5, 0.6) is 0 Å². The fourth-order valence-electron chi connectivity index (χ4n) is 2.72. The van der Waals surface area contributed by atoms with Gasteiger partial charge in [0.15, 0.2) is 10.9 Å². The molecule has 1 aliphatic carbocycles. The van der Waals surface area contributed by atoms with Gasteiger partial charge in [-0.2, -0.15) is 0 Å². The van der Waals surface area contributed by atoms with Crippen molar-refractivity contribution in [3.05, 3.63) is 12.3 Å². The van der Waals surface area contributed by atoms with E-state index in [-0.39, 0.29) is 11.8 Å². The fraction of sp³-hybridized carbons (Fsp3) is 0.533. The molecule has 1 saturated heterocycles. The van der Waals surface area contributed by atoms with Crippen LogP contribution < -0.4 is 10.2 Å². The Morgan fingerprint density at radius 3 is 2.86 bits per heavy atom. The molecule has 2 fully saturated rings. The second kappa shape index (κ2) is 5.26. The second-order valence-electron chi connectivity index (χ2n) is 5.82. The van der Waals surface area contributed by atoms with Crippen LogP contribution in [-0.4, -0.2) is 29.0 Å². The van der Waals surface area contributed by atoms with E-state index in [4.69, 9.17) is 4.98 Å². The Morgan fingerprint density at radius 2 is 2.10 bits per heavy atom. The maximum Gasteiger partial charge on any atom is 0.228 e. The highest BCUT2D eigenvalue weighted by Crippen LogP contribution is 2.35. The summed E-state index contributed by atoms with van der Waals surface area (Å²) in [4.78, 5) is 23.4. The molecule has 2 aromatic rings. The van der Waals surface area contributed by atoms with Gasteiger partial charge in [0.05, 0.1) is 10.2 Å². The number of thiazole rings is 1. The Kier molecular flexibility index (Phi) is 3.25. The van der Waals surface area contributed by atoms with E-state index in [0.29, 0.717) is 5.82 Å². The molecule has 21 heavy (non-hydrogen) atoms. The molecule has 2 aromatic heterocycles. The number of anilines is 2. The number of fused-ring (bicyclic) bond motifs is 1. The standard InChI is InChI=1S/C15H18N4OS/c20-14(10-4-5-10)18-13-12-11(6-7-16-13)17-15(21-12)19-8-2-1-3-9-19/h6-7,10H,1-5,8-9H2,(H,16,18,20). The summed E-state index contributed by atoms with van der Waals surface area (Å²) in [5, 5.41) is 4.02. The van der Waals surface area contributed by atoms with Crippen LogP contribution in [0.15, 0.2) is 12.3 Å². The molecule has 1 aliphatic heterocycles. The van der Waals surface area contributed by atoms with Gasteiger partial charge in [0.25, 0.3) is 0 Å². The highest BCUT2D eigenvalue weighted by atomic mass is 32.1. The van der Waals surface area contributed by atoms with Crippen molar-refractivity contribution in [1.82, 2.24) is 9.97 Å². The van der Waals surface area contributed by atoms with Gasteiger partial charge in [-0.25, -0.2) is 9.97 Å². The van der Waals surface area contributed by atoms with Crippen molar-refractivity contribution < 1.29 is 4.79 Å².